The number of hydrogen-bond donors (Lipinski definition) is 1. The van der Waals surface area contributed by atoms with E-state index in [0.29, 0.717) is 18.7 Å². The van der Waals surface area contributed by atoms with Gasteiger partial charge in [0.2, 0.25) is 0 Å². The van der Waals surface area contributed by atoms with Crippen LogP contribution in [0.1, 0.15) is 21.5 Å². The highest BCUT2D eigenvalue weighted by Crippen LogP contribution is 2.31. The number of anilines is 1. The molecule has 1 N–H and O–H groups in total. The second-order valence-corrected chi connectivity index (χ2v) is 10.6. The first-order valence-electron chi connectivity index (χ1n) is 14.4. The van der Waals surface area contributed by atoms with Gasteiger partial charge in [0.25, 0.3) is 0 Å². The van der Waals surface area contributed by atoms with E-state index >= 15 is 0 Å². The first kappa shape index (κ1) is 29.0. The van der Waals surface area contributed by atoms with Gasteiger partial charge < -0.3 is 24.4 Å². The zero-order valence-corrected chi connectivity index (χ0v) is 24.7. The maximum absolute atomic E-state index is 11.5. The number of rotatable bonds is 8. The Hall–Kier alpha value is -4.46. The van der Waals surface area contributed by atoms with Gasteiger partial charge in [-0.05, 0) is 68.7 Å². The number of nitrogens with zero attached hydrogens (tertiary/aromatic N) is 4. The molecule has 2 heterocycles. The molecule has 1 aliphatic heterocycles. The Labute approximate surface area is 248 Å². The molecule has 0 amide bonds. The number of ether oxygens (including phenoxy) is 1. The number of aromatic nitrogens is 2. The fourth-order valence-electron chi connectivity index (χ4n) is 5.24. The van der Waals surface area contributed by atoms with Crippen LogP contribution in [0.25, 0.3) is 22.4 Å². The van der Waals surface area contributed by atoms with E-state index < -0.39 is 0 Å². The summed E-state index contributed by atoms with van der Waals surface area (Å²) in [5.41, 5.74) is 7.04. The smallest absolute Gasteiger partial charge is 0.150 e. The van der Waals surface area contributed by atoms with Gasteiger partial charge in [-0.15, -0.1) is 0 Å². The summed E-state index contributed by atoms with van der Waals surface area (Å²) in [5.74, 6) is 1.65. The number of piperazine rings is 1. The number of carbonyl (C=O) groups excluding carboxylic acids is 1. The normalized spacial score (nSPS) is 13.5. The lowest BCUT2D eigenvalue weighted by atomic mass is 10.1. The quantitative estimate of drug-likeness (QED) is 0.244. The third-order valence-electron chi connectivity index (χ3n) is 7.41. The van der Waals surface area contributed by atoms with Crippen molar-refractivity contribution in [3.8, 4) is 17.1 Å². The molecule has 4 aromatic carbocycles. The second kappa shape index (κ2) is 13.9. The Morgan fingerprint density at radius 3 is 2.36 bits per heavy atom. The van der Waals surface area contributed by atoms with Crippen molar-refractivity contribution >= 4 is 23.0 Å². The molecule has 0 radical (unpaired) electrons. The number of nitrogens with one attached hydrogen (secondary N) is 1. The van der Waals surface area contributed by atoms with Crippen molar-refractivity contribution in [2.45, 2.75) is 13.2 Å². The van der Waals surface area contributed by atoms with Crippen LogP contribution in [0.15, 0.2) is 97.1 Å². The molecule has 0 unspecified atom stereocenters. The molecule has 1 aliphatic rings. The molecule has 5 aromatic rings. The summed E-state index contributed by atoms with van der Waals surface area (Å²) in [6.45, 7) is 5.30. The SMILES string of the molecule is CN1CCN(c2ccccc2Cn2c(-c3cccc(OCc4ccccc4)c3)nc3cc(C=O)ccc32)CC1.CNC. The van der Waals surface area contributed by atoms with E-state index in [4.69, 9.17) is 9.72 Å². The van der Waals surface area contributed by atoms with Crippen molar-refractivity contribution in [1.82, 2.24) is 19.8 Å². The molecular weight excluding hydrogens is 522 g/mol. The number of para-hydroxylation sites is 1. The van der Waals surface area contributed by atoms with Gasteiger partial charge in [-0.25, -0.2) is 4.98 Å². The Balaban J connectivity index is 0.00000113. The fourth-order valence-corrected chi connectivity index (χ4v) is 5.24. The lowest BCUT2D eigenvalue weighted by molar-refractivity contribution is 0.112. The fraction of sp³-hybridized carbons (Fsp3) is 0.257. The predicted octanol–water partition coefficient (Wildman–Crippen LogP) is 5.73. The molecule has 6 rings (SSSR count). The van der Waals surface area contributed by atoms with E-state index in [1.807, 2.05) is 68.7 Å². The van der Waals surface area contributed by atoms with Crippen LogP contribution in [-0.2, 0) is 13.2 Å². The van der Waals surface area contributed by atoms with Gasteiger partial charge in [0, 0.05) is 43.0 Å². The Bertz CT molecular complexity index is 1610. The zero-order valence-electron chi connectivity index (χ0n) is 24.7. The average molecular weight is 562 g/mol. The second-order valence-electron chi connectivity index (χ2n) is 10.6. The van der Waals surface area contributed by atoms with Gasteiger partial charge in [0.05, 0.1) is 17.6 Å². The Kier molecular flexibility index (Phi) is 9.64. The molecule has 0 saturated carbocycles. The number of fused-ring (bicyclic) bond motifs is 1. The topological polar surface area (TPSA) is 62.6 Å². The summed E-state index contributed by atoms with van der Waals surface area (Å²) < 4.78 is 8.40. The summed E-state index contributed by atoms with van der Waals surface area (Å²) in [7, 11) is 5.93. The van der Waals surface area contributed by atoms with Crippen molar-refractivity contribution in [1.29, 1.82) is 0 Å². The molecule has 0 aliphatic carbocycles. The summed E-state index contributed by atoms with van der Waals surface area (Å²) in [4.78, 5) is 21.4. The van der Waals surface area contributed by atoms with E-state index in [0.717, 1.165) is 66.2 Å². The van der Waals surface area contributed by atoms with Gasteiger partial charge in [0.1, 0.15) is 24.5 Å². The Morgan fingerprint density at radius 2 is 1.60 bits per heavy atom. The van der Waals surface area contributed by atoms with Gasteiger partial charge in [-0.2, -0.15) is 0 Å². The maximum Gasteiger partial charge on any atom is 0.150 e. The summed E-state index contributed by atoms with van der Waals surface area (Å²) in [5, 5.41) is 2.75. The van der Waals surface area contributed by atoms with Crippen LogP contribution in [-0.4, -0.2) is 68.1 Å². The highest BCUT2D eigenvalue weighted by molar-refractivity contribution is 5.87. The first-order chi connectivity index (χ1) is 20.6. The standard InChI is InChI=1S/C33H32N4O2.C2H7N/c1-35-16-18-36(19-17-35)31-13-6-5-10-28(31)22-37-32-15-14-26(23-38)20-30(32)34-33(37)27-11-7-12-29(21-27)39-24-25-8-3-2-4-9-25;1-3-2/h2-15,20-21,23H,16-19,22,24H2,1H3;3H,1-2H3. The van der Waals surface area contributed by atoms with Crippen molar-refractivity contribution in [3.63, 3.8) is 0 Å². The molecule has 42 heavy (non-hydrogen) atoms. The van der Waals surface area contributed by atoms with Crippen LogP contribution < -0.4 is 15.0 Å². The summed E-state index contributed by atoms with van der Waals surface area (Å²) in [6, 6.07) is 32.7. The predicted molar refractivity (Wildman–Crippen MR) is 172 cm³/mol. The highest BCUT2D eigenvalue weighted by Gasteiger charge is 2.19. The average Bonchev–Trinajstić information content (AvgIpc) is 3.39. The third-order valence-corrected chi connectivity index (χ3v) is 7.41. The number of carbonyl (C=O) groups is 1. The van der Waals surface area contributed by atoms with Gasteiger partial charge in [0.15, 0.2) is 0 Å². The molecule has 1 fully saturated rings. The molecule has 0 atom stereocenters. The van der Waals surface area contributed by atoms with Crippen LogP contribution in [0.2, 0.25) is 0 Å². The lowest BCUT2D eigenvalue weighted by Gasteiger charge is -2.35. The van der Waals surface area contributed by atoms with Gasteiger partial charge >= 0.3 is 0 Å². The molecule has 7 heteroatoms. The minimum atomic E-state index is 0.502. The van der Waals surface area contributed by atoms with Crippen LogP contribution in [0.4, 0.5) is 5.69 Å². The maximum atomic E-state index is 11.5. The molecule has 0 spiro atoms. The lowest BCUT2D eigenvalue weighted by Crippen LogP contribution is -2.44. The van der Waals surface area contributed by atoms with Crippen LogP contribution in [0.5, 0.6) is 5.75 Å². The van der Waals surface area contributed by atoms with Gasteiger partial charge in [-0.3, -0.25) is 4.79 Å². The van der Waals surface area contributed by atoms with Crippen LogP contribution in [0.3, 0.4) is 0 Å². The molecule has 7 nitrogen and oxygen atoms in total. The summed E-state index contributed by atoms with van der Waals surface area (Å²) >= 11 is 0. The molecule has 0 bridgehead atoms. The number of imidazole rings is 1. The van der Waals surface area contributed by atoms with Crippen molar-refractivity contribution < 1.29 is 9.53 Å². The van der Waals surface area contributed by atoms with E-state index in [1.54, 1.807) is 0 Å². The van der Waals surface area contributed by atoms with Crippen LogP contribution >= 0.6 is 0 Å². The van der Waals surface area contributed by atoms with E-state index in [2.05, 4.69) is 69.2 Å². The monoisotopic (exact) mass is 561 g/mol. The number of hydrogen-bond acceptors (Lipinski definition) is 6. The largest absolute Gasteiger partial charge is 0.489 e. The minimum Gasteiger partial charge on any atom is -0.489 e. The minimum absolute atomic E-state index is 0.502. The first-order valence-corrected chi connectivity index (χ1v) is 14.4. The number of benzene rings is 4. The van der Waals surface area contributed by atoms with Crippen molar-refractivity contribution in [2.24, 2.45) is 0 Å². The Morgan fingerprint density at radius 1 is 0.857 bits per heavy atom. The molecule has 216 valence electrons. The molecular formula is C35H39N5O2. The van der Waals surface area contributed by atoms with E-state index in [9.17, 15) is 4.79 Å². The van der Waals surface area contributed by atoms with Crippen molar-refractivity contribution in [3.05, 3.63) is 114 Å². The third kappa shape index (κ3) is 6.87. The number of aldehydes is 1. The zero-order chi connectivity index (χ0) is 29.3. The van der Waals surface area contributed by atoms with Crippen molar-refractivity contribution in [2.75, 3.05) is 52.2 Å². The van der Waals surface area contributed by atoms with E-state index in [-0.39, 0.29) is 0 Å². The number of likely N-dealkylation sites (N-methyl/N-ethyl adjacent to an activating group) is 1. The van der Waals surface area contributed by atoms with Gasteiger partial charge in [-0.1, -0.05) is 60.7 Å². The highest BCUT2D eigenvalue weighted by atomic mass is 16.5. The summed E-state index contributed by atoms with van der Waals surface area (Å²) in [6.07, 6.45) is 0.874. The van der Waals surface area contributed by atoms with Crippen LogP contribution in [0, 0.1) is 0 Å². The molecule has 1 saturated heterocycles. The molecule has 1 aromatic heterocycles. The van der Waals surface area contributed by atoms with E-state index in [1.165, 1.54) is 11.3 Å².